The summed E-state index contributed by atoms with van der Waals surface area (Å²) in [5.74, 6) is 1.01. The third-order valence-electron chi connectivity index (χ3n) is 8.07. The summed E-state index contributed by atoms with van der Waals surface area (Å²) in [7, 11) is 0. The number of hydrogen-bond acceptors (Lipinski definition) is 3. The molecule has 1 saturated heterocycles. The second-order valence-electron chi connectivity index (χ2n) is 10.3. The van der Waals surface area contributed by atoms with Gasteiger partial charge < -0.3 is 14.4 Å². The fraction of sp³-hybridized carbons (Fsp3) is 0.355. The smallest absolute Gasteiger partial charge is 0.272 e. The average Bonchev–Trinajstić information content (AvgIpc) is 3.17. The van der Waals surface area contributed by atoms with Crippen molar-refractivity contribution in [3.63, 3.8) is 0 Å². The van der Waals surface area contributed by atoms with Crippen molar-refractivity contribution in [3.05, 3.63) is 94.3 Å². The Hall–Kier alpha value is -3.31. The van der Waals surface area contributed by atoms with Crippen LogP contribution >= 0.6 is 12.4 Å². The Morgan fingerprint density at radius 3 is 2.35 bits per heavy atom. The van der Waals surface area contributed by atoms with Crippen LogP contribution in [0.3, 0.4) is 0 Å². The number of aromatic nitrogens is 2. The molecule has 192 valence electrons. The van der Waals surface area contributed by atoms with Crippen molar-refractivity contribution in [2.45, 2.75) is 52.6 Å². The Morgan fingerprint density at radius 2 is 1.59 bits per heavy atom. The maximum atomic E-state index is 13.6. The molecule has 5 nitrogen and oxygen atoms in total. The second kappa shape index (κ2) is 10.6. The number of nitrogens with zero attached hydrogens (tertiary/aromatic N) is 4. The number of aryl methyl sites for hydroxylation is 1. The highest BCUT2D eigenvalue weighted by atomic mass is 35.5. The normalized spacial score (nSPS) is 15.4. The minimum Gasteiger partial charge on any atom is -0.350 e. The highest BCUT2D eigenvalue weighted by Crippen LogP contribution is 2.36. The largest absolute Gasteiger partial charge is 0.350 e. The molecule has 2 aliphatic rings. The van der Waals surface area contributed by atoms with Crippen LogP contribution in [0.2, 0.25) is 0 Å². The molecule has 4 heterocycles. The molecule has 0 atom stereocenters. The van der Waals surface area contributed by atoms with E-state index in [0.29, 0.717) is 5.69 Å². The lowest BCUT2D eigenvalue weighted by atomic mass is 9.99. The topological polar surface area (TPSA) is 41.4 Å². The summed E-state index contributed by atoms with van der Waals surface area (Å²) < 4.78 is 2.40. The summed E-state index contributed by atoms with van der Waals surface area (Å²) in [6.07, 6.45) is 4.35. The molecule has 0 aliphatic carbocycles. The third-order valence-corrected chi connectivity index (χ3v) is 8.07. The molecule has 4 aromatic rings. The van der Waals surface area contributed by atoms with Gasteiger partial charge in [0.15, 0.2) is 5.82 Å². The van der Waals surface area contributed by atoms with E-state index in [4.69, 9.17) is 4.98 Å². The van der Waals surface area contributed by atoms with Crippen molar-refractivity contribution < 1.29 is 4.79 Å². The van der Waals surface area contributed by atoms with Gasteiger partial charge in [0.1, 0.15) is 5.69 Å². The number of fused-ring (bicyclic) bond motifs is 2. The zero-order valence-corrected chi connectivity index (χ0v) is 22.6. The molecule has 2 aliphatic heterocycles. The molecule has 2 aromatic heterocycles. The van der Waals surface area contributed by atoms with Crippen LogP contribution in [0.15, 0.2) is 60.7 Å². The number of rotatable bonds is 4. The summed E-state index contributed by atoms with van der Waals surface area (Å²) in [6.45, 7) is 8.54. The standard InChI is InChI=1S/C31H34N4O.ClH/c1-22-23(2)35(20-24-11-5-3-6-12-24)29-27(22)19-28(31(36)33-16-9-4-10-17-33)32-30(29)34-18-15-25-13-7-8-14-26(25)21-34;/h3,5-8,11-14,19H,4,9-10,15-18,20-21H2,1-2H3;1H. The number of piperidine rings is 1. The number of halogens is 1. The van der Waals surface area contributed by atoms with Crippen LogP contribution in [-0.4, -0.2) is 40.0 Å². The van der Waals surface area contributed by atoms with Crippen LogP contribution in [-0.2, 0) is 19.5 Å². The minimum absolute atomic E-state index is 0. The summed E-state index contributed by atoms with van der Waals surface area (Å²) in [5.41, 5.74) is 8.22. The molecule has 6 rings (SSSR count). The van der Waals surface area contributed by atoms with Gasteiger partial charge in [-0.3, -0.25) is 4.79 Å². The zero-order valence-electron chi connectivity index (χ0n) is 21.7. The van der Waals surface area contributed by atoms with Gasteiger partial charge >= 0.3 is 0 Å². The highest BCUT2D eigenvalue weighted by Gasteiger charge is 2.27. The maximum Gasteiger partial charge on any atom is 0.272 e. The molecule has 6 heteroatoms. The lowest BCUT2D eigenvalue weighted by Crippen LogP contribution is -2.37. The molecule has 0 spiro atoms. The first kappa shape index (κ1) is 25.3. The SMILES string of the molecule is Cc1c(C)n(Cc2ccccc2)c2c(N3CCc4ccccc4C3)nc(C(=O)N3CCCCC3)cc12.Cl. The average molecular weight is 515 g/mol. The number of pyridine rings is 1. The summed E-state index contributed by atoms with van der Waals surface area (Å²) in [5, 5.41) is 1.15. The predicted octanol–water partition coefficient (Wildman–Crippen LogP) is 6.31. The van der Waals surface area contributed by atoms with E-state index < -0.39 is 0 Å². The second-order valence-corrected chi connectivity index (χ2v) is 10.3. The van der Waals surface area contributed by atoms with Crippen LogP contribution in [0.25, 0.3) is 10.9 Å². The Bertz CT molecular complexity index is 1420. The predicted molar refractivity (Wildman–Crippen MR) is 153 cm³/mol. The molecule has 0 radical (unpaired) electrons. The number of carbonyl (C=O) groups is 1. The van der Waals surface area contributed by atoms with Gasteiger partial charge in [-0.1, -0.05) is 54.6 Å². The Labute approximate surface area is 225 Å². The first-order valence-electron chi connectivity index (χ1n) is 13.3. The van der Waals surface area contributed by atoms with Crippen molar-refractivity contribution >= 4 is 35.0 Å². The van der Waals surface area contributed by atoms with Crippen LogP contribution < -0.4 is 4.90 Å². The Morgan fingerprint density at radius 1 is 0.892 bits per heavy atom. The maximum absolute atomic E-state index is 13.6. The molecule has 0 bridgehead atoms. The number of benzene rings is 2. The van der Waals surface area contributed by atoms with E-state index in [0.717, 1.165) is 68.7 Å². The number of likely N-dealkylation sites (tertiary alicyclic amines) is 1. The fourth-order valence-electron chi connectivity index (χ4n) is 5.87. The molecular weight excluding hydrogens is 480 g/mol. The van der Waals surface area contributed by atoms with Crippen molar-refractivity contribution in [2.75, 3.05) is 24.5 Å². The van der Waals surface area contributed by atoms with Gasteiger partial charge in [0.2, 0.25) is 0 Å². The van der Waals surface area contributed by atoms with Gasteiger partial charge in [-0.05, 0) is 67.9 Å². The quantitative estimate of drug-likeness (QED) is 0.320. The fourth-order valence-corrected chi connectivity index (χ4v) is 5.87. The Kier molecular flexibility index (Phi) is 7.25. The molecule has 37 heavy (non-hydrogen) atoms. The van der Waals surface area contributed by atoms with E-state index in [-0.39, 0.29) is 18.3 Å². The van der Waals surface area contributed by atoms with Crippen LogP contribution in [0.1, 0.15) is 57.7 Å². The summed E-state index contributed by atoms with van der Waals surface area (Å²) >= 11 is 0. The van der Waals surface area contributed by atoms with Gasteiger partial charge in [0.05, 0.1) is 5.52 Å². The molecule has 2 aromatic carbocycles. The van der Waals surface area contributed by atoms with Crippen molar-refractivity contribution in [3.8, 4) is 0 Å². The van der Waals surface area contributed by atoms with Gasteiger partial charge in [-0.15, -0.1) is 12.4 Å². The lowest BCUT2D eigenvalue weighted by Gasteiger charge is -2.31. The third kappa shape index (κ3) is 4.73. The minimum atomic E-state index is 0. The molecule has 0 N–H and O–H groups in total. The molecule has 1 fully saturated rings. The van der Waals surface area contributed by atoms with Crippen molar-refractivity contribution in [1.82, 2.24) is 14.5 Å². The van der Waals surface area contributed by atoms with E-state index in [1.165, 1.54) is 34.4 Å². The number of amides is 1. The monoisotopic (exact) mass is 514 g/mol. The summed E-state index contributed by atoms with van der Waals surface area (Å²) in [4.78, 5) is 23.1. The van der Waals surface area contributed by atoms with E-state index in [1.807, 2.05) is 4.90 Å². The lowest BCUT2D eigenvalue weighted by molar-refractivity contribution is 0.0718. The van der Waals surface area contributed by atoms with Crippen LogP contribution in [0, 0.1) is 13.8 Å². The molecule has 1 amide bonds. The van der Waals surface area contributed by atoms with Crippen LogP contribution in [0.4, 0.5) is 5.82 Å². The first-order chi connectivity index (χ1) is 17.6. The number of hydrogen-bond donors (Lipinski definition) is 0. The van der Waals surface area contributed by atoms with Gasteiger partial charge in [-0.25, -0.2) is 4.98 Å². The van der Waals surface area contributed by atoms with E-state index in [1.54, 1.807) is 0 Å². The summed E-state index contributed by atoms with van der Waals surface area (Å²) in [6, 6.07) is 21.4. The van der Waals surface area contributed by atoms with Gasteiger partial charge in [0, 0.05) is 43.8 Å². The van der Waals surface area contributed by atoms with E-state index >= 15 is 0 Å². The molecular formula is C31H35ClN4O. The molecule has 0 saturated carbocycles. The van der Waals surface area contributed by atoms with Crippen molar-refractivity contribution in [2.24, 2.45) is 0 Å². The first-order valence-corrected chi connectivity index (χ1v) is 13.3. The van der Waals surface area contributed by atoms with Crippen LogP contribution in [0.5, 0.6) is 0 Å². The van der Waals surface area contributed by atoms with E-state index in [2.05, 4.69) is 84.0 Å². The molecule has 0 unspecified atom stereocenters. The van der Waals surface area contributed by atoms with Gasteiger partial charge in [0.25, 0.3) is 5.91 Å². The van der Waals surface area contributed by atoms with E-state index in [9.17, 15) is 4.79 Å². The van der Waals surface area contributed by atoms with Gasteiger partial charge in [-0.2, -0.15) is 0 Å². The Balaban J connectivity index is 0.00000280. The van der Waals surface area contributed by atoms with Crippen molar-refractivity contribution in [1.29, 1.82) is 0 Å². The zero-order chi connectivity index (χ0) is 24.6. The number of anilines is 1. The highest BCUT2D eigenvalue weighted by molar-refractivity contribution is 6.01. The number of carbonyl (C=O) groups excluding carboxylic acids is 1.